The quantitative estimate of drug-likeness (QED) is 0.579. The van der Waals surface area contributed by atoms with Crippen LogP contribution in [0.25, 0.3) is 0 Å². The van der Waals surface area contributed by atoms with Gasteiger partial charge in [0, 0.05) is 5.71 Å². The summed E-state index contributed by atoms with van der Waals surface area (Å²) in [6, 6.07) is 1.00. The molecule has 0 saturated heterocycles. The number of carboxylic acid groups (broad SMARTS) is 1. The Bertz CT molecular complexity index is 378. The molecule has 0 spiro atoms. The van der Waals surface area contributed by atoms with Crippen molar-refractivity contribution in [1.29, 1.82) is 5.26 Å². The monoisotopic (exact) mass is 194 g/mol. The summed E-state index contributed by atoms with van der Waals surface area (Å²) in [5, 5.41) is 27.1. The van der Waals surface area contributed by atoms with Gasteiger partial charge in [-0.05, 0) is 19.9 Å². The van der Waals surface area contributed by atoms with Gasteiger partial charge in [0.2, 0.25) is 0 Å². The van der Waals surface area contributed by atoms with Gasteiger partial charge in [-0.1, -0.05) is 0 Å². The zero-order valence-corrected chi connectivity index (χ0v) is 7.85. The lowest BCUT2D eigenvalue weighted by molar-refractivity contribution is -0.132. The summed E-state index contributed by atoms with van der Waals surface area (Å²) in [6.45, 7) is 3.09. The molecule has 2 unspecified atom stereocenters. The topological polar surface area (TPSA) is 93.7 Å². The van der Waals surface area contributed by atoms with Gasteiger partial charge in [-0.15, -0.1) is 0 Å². The molecule has 74 valence electrons. The van der Waals surface area contributed by atoms with E-state index in [1.165, 1.54) is 6.92 Å². The maximum Gasteiger partial charge on any atom is 0.337 e. The molecule has 0 amide bonds. The van der Waals surface area contributed by atoms with Gasteiger partial charge in [-0.2, -0.15) is 5.26 Å². The van der Waals surface area contributed by atoms with Crippen LogP contribution in [0.15, 0.2) is 16.6 Å². The summed E-state index contributed by atoms with van der Waals surface area (Å²) in [5.41, 5.74) is -1.61. The number of dihydropyridines is 1. The molecular weight excluding hydrogens is 184 g/mol. The van der Waals surface area contributed by atoms with Crippen LogP contribution in [0.4, 0.5) is 0 Å². The van der Waals surface area contributed by atoms with E-state index in [2.05, 4.69) is 4.99 Å². The number of hydrogen-bond donors (Lipinski definition) is 2. The average molecular weight is 194 g/mol. The third kappa shape index (κ3) is 1.52. The van der Waals surface area contributed by atoms with Gasteiger partial charge in [-0.25, -0.2) is 4.79 Å². The summed E-state index contributed by atoms with van der Waals surface area (Å²) in [6.07, 6.45) is 1.04. The molecule has 1 heterocycles. The van der Waals surface area contributed by atoms with Crippen molar-refractivity contribution < 1.29 is 15.0 Å². The van der Waals surface area contributed by atoms with Crippen LogP contribution in [-0.4, -0.2) is 33.5 Å². The highest BCUT2D eigenvalue weighted by molar-refractivity contribution is 6.18. The van der Waals surface area contributed by atoms with Crippen molar-refractivity contribution in [3.05, 3.63) is 11.6 Å². The SMILES string of the molecule is CC1=NC(C)C(O)(C#N)C=C1C(=O)O. The molecule has 5 heteroatoms. The molecular formula is C9H10N2O3. The Morgan fingerprint density at radius 1 is 1.79 bits per heavy atom. The fraction of sp³-hybridized carbons (Fsp3) is 0.444. The van der Waals surface area contributed by atoms with E-state index in [0.29, 0.717) is 5.71 Å². The zero-order valence-electron chi connectivity index (χ0n) is 7.85. The van der Waals surface area contributed by atoms with Gasteiger partial charge >= 0.3 is 5.97 Å². The number of carbonyl (C=O) groups is 1. The molecule has 0 saturated carbocycles. The highest BCUT2D eigenvalue weighted by Gasteiger charge is 2.37. The van der Waals surface area contributed by atoms with Crippen LogP contribution >= 0.6 is 0 Å². The molecule has 2 atom stereocenters. The first-order valence-electron chi connectivity index (χ1n) is 4.05. The van der Waals surface area contributed by atoms with Crippen molar-refractivity contribution in [2.45, 2.75) is 25.5 Å². The Kier molecular flexibility index (Phi) is 2.41. The van der Waals surface area contributed by atoms with E-state index in [4.69, 9.17) is 10.4 Å². The van der Waals surface area contributed by atoms with Crippen LogP contribution < -0.4 is 0 Å². The first-order valence-corrected chi connectivity index (χ1v) is 4.05. The predicted octanol–water partition coefficient (Wildman–Crippen LogP) is 0.115. The molecule has 1 rings (SSSR count). The molecule has 0 bridgehead atoms. The highest BCUT2D eigenvalue weighted by Crippen LogP contribution is 2.23. The number of nitriles is 1. The lowest BCUT2D eigenvalue weighted by Gasteiger charge is -2.26. The van der Waals surface area contributed by atoms with E-state index in [1.54, 1.807) is 13.0 Å². The minimum absolute atomic E-state index is 0.118. The second kappa shape index (κ2) is 3.24. The predicted molar refractivity (Wildman–Crippen MR) is 48.9 cm³/mol. The number of hydrogen-bond acceptors (Lipinski definition) is 4. The number of nitrogens with zero attached hydrogens (tertiary/aromatic N) is 2. The van der Waals surface area contributed by atoms with E-state index in [9.17, 15) is 9.90 Å². The van der Waals surface area contributed by atoms with E-state index in [0.717, 1.165) is 6.08 Å². The molecule has 0 radical (unpaired) electrons. The number of aliphatic imine (C=N–C) groups is 1. The second-order valence-electron chi connectivity index (χ2n) is 3.19. The molecule has 14 heavy (non-hydrogen) atoms. The molecule has 0 aromatic carbocycles. The van der Waals surface area contributed by atoms with Gasteiger partial charge < -0.3 is 10.2 Å². The van der Waals surface area contributed by atoms with Crippen LogP contribution in [-0.2, 0) is 4.79 Å². The fourth-order valence-electron chi connectivity index (χ4n) is 1.25. The summed E-state index contributed by atoms with van der Waals surface area (Å²) < 4.78 is 0. The smallest absolute Gasteiger partial charge is 0.337 e. The molecule has 1 aliphatic heterocycles. The Labute approximate surface area is 81.0 Å². The van der Waals surface area contributed by atoms with Crippen LogP contribution in [0.1, 0.15) is 13.8 Å². The zero-order chi connectivity index (χ0) is 10.9. The van der Waals surface area contributed by atoms with Gasteiger partial charge in [0.1, 0.15) is 6.07 Å². The molecule has 5 nitrogen and oxygen atoms in total. The Balaban J connectivity index is 3.22. The number of carboxylic acids is 1. The number of aliphatic carboxylic acids is 1. The third-order valence-electron chi connectivity index (χ3n) is 2.19. The van der Waals surface area contributed by atoms with E-state index < -0.39 is 17.6 Å². The Morgan fingerprint density at radius 3 is 2.79 bits per heavy atom. The minimum atomic E-state index is -1.81. The van der Waals surface area contributed by atoms with E-state index >= 15 is 0 Å². The van der Waals surface area contributed by atoms with Gasteiger partial charge in [0.15, 0.2) is 5.60 Å². The van der Waals surface area contributed by atoms with Crippen molar-refractivity contribution in [2.24, 2.45) is 4.99 Å². The molecule has 2 N–H and O–H groups in total. The molecule has 0 aromatic rings. The minimum Gasteiger partial charge on any atom is -0.478 e. The van der Waals surface area contributed by atoms with Crippen LogP contribution in [0.2, 0.25) is 0 Å². The van der Waals surface area contributed by atoms with Crippen molar-refractivity contribution in [3.63, 3.8) is 0 Å². The molecule has 0 fully saturated rings. The van der Waals surface area contributed by atoms with Crippen LogP contribution in [0, 0.1) is 11.3 Å². The Hall–Kier alpha value is -1.67. The highest BCUT2D eigenvalue weighted by atomic mass is 16.4. The van der Waals surface area contributed by atoms with Gasteiger partial charge in [-0.3, -0.25) is 4.99 Å². The first-order chi connectivity index (χ1) is 6.40. The van der Waals surface area contributed by atoms with Crippen LogP contribution in [0.5, 0.6) is 0 Å². The van der Waals surface area contributed by atoms with E-state index in [-0.39, 0.29) is 5.57 Å². The number of aliphatic hydroxyl groups is 1. The summed E-state index contributed by atoms with van der Waals surface area (Å²) >= 11 is 0. The van der Waals surface area contributed by atoms with Crippen molar-refractivity contribution in [1.82, 2.24) is 0 Å². The maximum absolute atomic E-state index is 10.7. The fourth-order valence-corrected chi connectivity index (χ4v) is 1.25. The number of rotatable bonds is 1. The summed E-state index contributed by atoms with van der Waals surface area (Å²) in [5.74, 6) is -1.19. The summed E-state index contributed by atoms with van der Waals surface area (Å²) in [7, 11) is 0. The second-order valence-corrected chi connectivity index (χ2v) is 3.19. The maximum atomic E-state index is 10.7. The lowest BCUT2D eigenvalue weighted by Crippen LogP contribution is -2.40. The standard InChI is InChI=1S/C9H10N2O3/c1-5-7(8(12)13)3-9(14,4-10)6(2)11-5/h3,6,14H,1-2H3,(H,12,13). The molecule has 0 aliphatic carbocycles. The van der Waals surface area contributed by atoms with Gasteiger partial charge in [0.25, 0.3) is 0 Å². The summed E-state index contributed by atoms with van der Waals surface area (Å²) in [4.78, 5) is 14.6. The Morgan fingerprint density at radius 2 is 2.36 bits per heavy atom. The first kappa shape index (κ1) is 10.4. The van der Waals surface area contributed by atoms with Crippen molar-refractivity contribution in [2.75, 3.05) is 0 Å². The molecule has 1 aliphatic rings. The normalized spacial score (nSPS) is 31.4. The van der Waals surface area contributed by atoms with E-state index in [1.807, 2.05) is 0 Å². The van der Waals surface area contributed by atoms with Crippen LogP contribution in [0.3, 0.4) is 0 Å². The van der Waals surface area contributed by atoms with Crippen molar-refractivity contribution in [3.8, 4) is 6.07 Å². The third-order valence-corrected chi connectivity index (χ3v) is 2.19. The lowest BCUT2D eigenvalue weighted by atomic mass is 9.90. The van der Waals surface area contributed by atoms with Crippen molar-refractivity contribution >= 4 is 11.7 Å². The molecule has 0 aromatic heterocycles. The largest absolute Gasteiger partial charge is 0.478 e. The van der Waals surface area contributed by atoms with Gasteiger partial charge in [0.05, 0.1) is 11.6 Å². The average Bonchev–Trinajstić information content (AvgIpc) is 2.11.